The number of hydrogen-bond donors (Lipinski definition) is 11. The summed E-state index contributed by atoms with van der Waals surface area (Å²) in [5.41, 5.74) is 1.99. The quantitative estimate of drug-likeness (QED) is 0.0827. The number of benzene rings is 1. The van der Waals surface area contributed by atoms with Gasteiger partial charge in [-0.05, 0) is 93.9 Å². The van der Waals surface area contributed by atoms with E-state index in [0.717, 1.165) is 17.1 Å². The van der Waals surface area contributed by atoms with Gasteiger partial charge in [-0.1, -0.05) is 85.8 Å². The zero-order valence-electron chi connectivity index (χ0n) is 49.1. The summed E-state index contributed by atoms with van der Waals surface area (Å²) < 4.78 is 41.6. The molecular formula is C60H91F2N5O15. The van der Waals surface area contributed by atoms with Crippen molar-refractivity contribution in [3.63, 3.8) is 0 Å². The maximum Gasteiger partial charge on any atom is 0.325 e. The van der Waals surface area contributed by atoms with E-state index in [2.05, 4.69) is 21.4 Å². The number of halogens is 2. The number of phenolic OH excluding ortho intramolecular Hbond substituents is 1. The summed E-state index contributed by atoms with van der Waals surface area (Å²) in [6, 6.07) is -2.46. The maximum absolute atomic E-state index is 14.6. The van der Waals surface area contributed by atoms with Crippen molar-refractivity contribution in [2.45, 2.75) is 213 Å². The summed E-state index contributed by atoms with van der Waals surface area (Å²) in [7, 11) is 0. The third-order valence-corrected chi connectivity index (χ3v) is 17.5. The Morgan fingerprint density at radius 3 is 2.24 bits per heavy atom. The Hall–Kier alpha value is -5.20. The fourth-order valence-corrected chi connectivity index (χ4v) is 11.7. The SMILES string of the molecule is CC[C@H]1C[C@H](C)[C@@]2(NC1=O)O[C@@H](C[C@H](O)[C@@H](C)CCC(O)C(O)/C=C(\C)[C@@H]1C/C=C/C=C/[C@H](O)[C@H](C)[C@@H](O)[C@@H](CCC(C)=O)C(=O)N[C@@H](C(C)C)C(=O)N[C@@H](Cc3cc(O)c(F)c(F)c3)C(=O)N3CCCC(N3)C(=O)O1)[C@H](C)[C@H](O)[C@@H]2C. The van der Waals surface area contributed by atoms with E-state index in [-0.39, 0.29) is 92.9 Å². The Labute approximate surface area is 480 Å². The number of cyclic esters (lactones) is 1. The van der Waals surface area contributed by atoms with E-state index in [4.69, 9.17) is 9.47 Å². The number of fused-ring (bicyclic) bond motifs is 2. The number of allylic oxidation sites excluding steroid dienone is 2. The number of phenols is 1. The minimum atomic E-state index is -1.58. The number of nitrogens with one attached hydrogen (secondary N) is 4. The molecule has 4 aliphatic rings. The molecule has 1 aromatic carbocycles. The van der Waals surface area contributed by atoms with Gasteiger partial charge in [0, 0.05) is 61.8 Å². The molecule has 1 spiro atoms. The number of ether oxygens (including phenoxy) is 2. The zero-order chi connectivity index (χ0) is 61.1. The number of amides is 4. The first-order valence-corrected chi connectivity index (χ1v) is 29.2. The van der Waals surface area contributed by atoms with Gasteiger partial charge >= 0.3 is 5.97 Å². The van der Waals surface area contributed by atoms with Crippen LogP contribution in [-0.2, 0) is 44.7 Å². The number of hydrogen-bond acceptors (Lipinski definition) is 16. The highest BCUT2D eigenvalue weighted by Gasteiger charge is 2.57. The molecule has 3 saturated heterocycles. The molecule has 5 rings (SSSR count). The van der Waals surface area contributed by atoms with Crippen LogP contribution in [0.25, 0.3) is 0 Å². The van der Waals surface area contributed by atoms with Gasteiger partial charge in [0.2, 0.25) is 17.7 Å². The lowest BCUT2D eigenvalue weighted by molar-refractivity contribution is -0.267. The molecule has 0 radical (unpaired) electrons. The molecule has 11 N–H and O–H groups in total. The molecule has 3 unspecified atom stereocenters. The summed E-state index contributed by atoms with van der Waals surface area (Å²) in [6.07, 6.45) is -0.444. The molecule has 3 fully saturated rings. The monoisotopic (exact) mass is 1160 g/mol. The first-order valence-electron chi connectivity index (χ1n) is 29.2. The fourth-order valence-electron chi connectivity index (χ4n) is 11.7. The van der Waals surface area contributed by atoms with E-state index in [0.29, 0.717) is 18.4 Å². The molecule has 4 aliphatic heterocycles. The number of aromatic hydroxyl groups is 1. The molecule has 19 atom stereocenters. The van der Waals surface area contributed by atoms with E-state index < -0.39 is 150 Å². The molecule has 0 aromatic heterocycles. The maximum atomic E-state index is 14.6. The number of carbonyl (C=O) groups excluding carboxylic acids is 6. The fraction of sp³-hybridized carbons (Fsp3) is 0.700. The molecule has 1 aromatic rings. The number of aliphatic hydroxyl groups is 6. The third kappa shape index (κ3) is 17.0. The average molecular weight is 1160 g/mol. The van der Waals surface area contributed by atoms with Crippen molar-refractivity contribution in [3.8, 4) is 5.75 Å². The van der Waals surface area contributed by atoms with Crippen molar-refractivity contribution < 1.29 is 82.8 Å². The predicted octanol–water partition coefficient (Wildman–Crippen LogP) is 3.85. The first-order chi connectivity index (χ1) is 38.5. The number of ketones is 1. The number of carbonyl (C=O) groups is 6. The number of piperidine rings is 1. The van der Waals surface area contributed by atoms with Gasteiger partial charge < -0.3 is 66.0 Å². The number of Topliss-reactive ketones (excluding diaryl/α,β-unsaturated/α-hetero) is 1. The van der Waals surface area contributed by atoms with Crippen LogP contribution in [-0.4, -0.2) is 155 Å². The van der Waals surface area contributed by atoms with E-state index >= 15 is 0 Å². The van der Waals surface area contributed by atoms with Crippen LogP contribution in [0.3, 0.4) is 0 Å². The van der Waals surface area contributed by atoms with Crippen molar-refractivity contribution in [2.24, 2.45) is 47.3 Å². The Kier molecular flexibility index (Phi) is 24.8. The van der Waals surface area contributed by atoms with E-state index in [1.807, 2.05) is 27.7 Å². The lowest BCUT2D eigenvalue weighted by Crippen LogP contribution is -2.71. The van der Waals surface area contributed by atoms with Gasteiger partial charge in [-0.3, -0.25) is 29.0 Å². The molecule has 22 heteroatoms. The molecule has 82 heavy (non-hydrogen) atoms. The average Bonchev–Trinajstić information content (AvgIpc) is 2.15. The first kappa shape index (κ1) is 67.6. The smallest absolute Gasteiger partial charge is 0.325 e. The lowest BCUT2D eigenvalue weighted by Gasteiger charge is -2.56. The second-order valence-electron chi connectivity index (χ2n) is 24.0. The van der Waals surface area contributed by atoms with Crippen LogP contribution in [0.4, 0.5) is 8.78 Å². The molecular weight excluding hydrogens is 1070 g/mol. The number of rotatable bonds is 16. The van der Waals surface area contributed by atoms with E-state index in [9.17, 15) is 73.3 Å². The van der Waals surface area contributed by atoms with Crippen molar-refractivity contribution >= 4 is 35.4 Å². The number of esters is 1. The van der Waals surface area contributed by atoms with Gasteiger partial charge in [0.05, 0.1) is 48.6 Å². The molecule has 2 bridgehead atoms. The number of nitrogens with zero attached hydrogens (tertiary/aromatic N) is 1. The molecule has 4 heterocycles. The minimum absolute atomic E-state index is 0.00818. The molecule has 0 aliphatic carbocycles. The Balaban J connectivity index is 1.38. The summed E-state index contributed by atoms with van der Waals surface area (Å²) in [4.78, 5) is 82.3. The zero-order valence-corrected chi connectivity index (χ0v) is 49.1. The second-order valence-corrected chi connectivity index (χ2v) is 24.0. The van der Waals surface area contributed by atoms with Gasteiger partial charge in [-0.2, -0.15) is 4.39 Å². The normalized spacial score (nSPS) is 34.5. The highest BCUT2D eigenvalue weighted by Crippen LogP contribution is 2.46. The van der Waals surface area contributed by atoms with Crippen LogP contribution in [0.5, 0.6) is 5.75 Å². The predicted molar refractivity (Wildman–Crippen MR) is 298 cm³/mol. The van der Waals surface area contributed by atoms with Crippen molar-refractivity contribution in [1.29, 1.82) is 0 Å². The highest BCUT2D eigenvalue weighted by atomic mass is 19.2. The van der Waals surface area contributed by atoms with Gasteiger partial charge in [-0.15, -0.1) is 0 Å². The minimum Gasteiger partial charge on any atom is -0.505 e. The van der Waals surface area contributed by atoms with Crippen LogP contribution < -0.4 is 21.4 Å². The van der Waals surface area contributed by atoms with Crippen LogP contribution >= 0.6 is 0 Å². The van der Waals surface area contributed by atoms with Gasteiger partial charge in [-0.25, -0.2) is 9.82 Å². The summed E-state index contributed by atoms with van der Waals surface area (Å²) in [5.74, 6) is -12.2. The molecule has 4 amide bonds. The molecule has 460 valence electrons. The number of aliphatic hydroxyl groups excluding tert-OH is 6. The van der Waals surface area contributed by atoms with E-state index in [1.54, 1.807) is 39.8 Å². The highest BCUT2D eigenvalue weighted by molar-refractivity contribution is 5.93. The van der Waals surface area contributed by atoms with Crippen molar-refractivity contribution in [2.75, 3.05) is 6.54 Å². The standard InChI is InChI=1S/C60H91F2N5O15/c1-11-39-25-33(6)60(65-55(39)76)37(10)53(74)36(9)50(82-60)29-46(71)31(4)19-22-45(70)47(72)24-32(5)49-18-14-12-13-17-44(69)35(8)54(75)40(21-20-34(7)68)56(77)64-52(30(2)3)57(78)63-43(27-38-26-41(61)51(62)48(73)28-38)58(79)67-23-15-16-42(66-67)59(80)81-49/h12-14,17,24,26,28,30-31,33,35-37,39-40,42-47,49-50,52-54,66,69-75H,11,15-16,18-23,25,27,29H2,1-10H3,(H,63,78)(H,64,77)(H,65,76)/b14-12+,17-13+,32-24+/t31-,33-,35-,36-,37-,39-,40+,42?,43-,44-,45?,46-,47?,49-,50-,52-,53-,54+,60+/m0/s1. The lowest BCUT2D eigenvalue weighted by atomic mass is 9.69. The van der Waals surface area contributed by atoms with Gasteiger partial charge in [0.25, 0.3) is 5.91 Å². The molecule has 0 saturated carbocycles. The molecule has 20 nitrogen and oxygen atoms in total. The summed E-state index contributed by atoms with van der Waals surface area (Å²) in [5, 5.41) is 88.0. The summed E-state index contributed by atoms with van der Waals surface area (Å²) in [6.45, 7) is 17.1. The van der Waals surface area contributed by atoms with Crippen molar-refractivity contribution in [3.05, 3.63) is 65.3 Å². The summed E-state index contributed by atoms with van der Waals surface area (Å²) >= 11 is 0. The third-order valence-electron chi connectivity index (χ3n) is 17.5. The van der Waals surface area contributed by atoms with E-state index in [1.165, 1.54) is 32.1 Å². The van der Waals surface area contributed by atoms with Gasteiger partial charge in [0.15, 0.2) is 17.4 Å². The van der Waals surface area contributed by atoms with Crippen LogP contribution in [0.1, 0.15) is 139 Å². The largest absolute Gasteiger partial charge is 0.505 e. The van der Waals surface area contributed by atoms with Gasteiger partial charge in [0.1, 0.15) is 35.7 Å². The van der Waals surface area contributed by atoms with Crippen LogP contribution in [0.15, 0.2) is 48.1 Å². The Bertz CT molecular complexity index is 2460. The Morgan fingerprint density at radius 1 is 0.902 bits per heavy atom. The van der Waals surface area contributed by atoms with Crippen molar-refractivity contribution in [1.82, 2.24) is 26.4 Å². The Morgan fingerprint density at radius 2 is 1.60 bits per heavy atom. The second kappa shape index (κ2) is 30.0. The van der Waals surface area contributed by atoms with Crippen LogP contribution in [0, 0.1) is 59.0 Å². The van der Waals surface area contributed by atoms with Crippen LogP contribution in [0.2, 0.25) is 0 Å². The topological polar surface area (TPSA) is 314 Å². The number of hydrazine groups is 1.